The summed E-state index contributed by atoms with van der Waals surface area (Å²) in [6, 6.07) is 3.20. The van der Waals surface area contributed by atoms with E-state index in [9.17, 15) is 8.78 Å². The molecule has 2 nitrogen and oxygen atoms in total. The van der Waals surface area contributed by atoms with Gasteiger partial charge in [-0.2, -0.15) is 5.10 Å². The van der Waals surface area contributed by atoms with Crippen LogP contribution < -0.4 is 0 Å². The maximum absolute atomic E-state index is 13.6. The Hall–Kier alpha value is -1.71. The lowest BCUT2D eigenvalue weighted by Crippen LogP contribution is -1.98. The maximum Gasteiger partial charge on any atom is 0.162 e. The Morgan fingerprint density at radius 1 is 1.12 bits per heavy atom. The predicted octanol–water partition coefficient (Wildman–Crippen LogP) is 2.90. The van der Waals surface area contributed by atoms with E-state index in [1.165, 1.54) is 0 Å². The number of rotatable bonds is 2. The van der Waals surface area contributed by atoms with E-state index in [0.29, 0.717) is 17.5 Å². The van der Waals surface area contributed by atoms with E-state index in [4.69, 9.17) is 0 Å². The van der Waals surface area contributed by atoms with Crippen molar-refractivity contribution in [2.75, 3.05) is 0 Å². The third-order valence-electron chi connectivity index (χ3n) is 2.67. The Morgan fingerprint density at radius 2 is 1.88 bits per heavy atom. The zero-order valence-electron chi connectivity index (χ0n) is 9.14. The monoisotopic (exact) mass is 222 g/mol. The van der Waals surface area contributed by atoms with E-state index in [1.807, 2.05) is 6.92 Å². The van der Waals surface area contributed by atoms with Crippen molar-refractivity contribution in [3.05, 3.63) is 52.3 Å². The van der Waals surface area contributed by atoms with E-state index in [0.717, 1.165) is 11.3 Å². The molecule has 0 saturated heterocycles. The highest BCUT2D eigenvalue weighted by atomic mass is 19.2. The molecule has 84 valence electrons. The van der Waals surface area contributed by atoms with Gasteiger partial charge in [-0.15, -0.1) is 0 Å². The third kappa shape index (κ3) is 1.83. The normalized spacial score (nSPS) is 10.8. The van der Waals surface area contributed by atoms with Crippen LogP contribution in [0.3, 0.4) is 0 Å². The zero-order chi connectivity index (χ0) is 11.7. The summed E-state index contributed by atoms with van der Waals surface area (Å²) in [6.45, 7) is 3.40. The van der Waals surface area contributed by atoms with E-state index in [1.54, 1.807) is 25.3 Å². The lowest BCUT2D eigenvalue weighted by molar-refractivity contribution is 0.495. The summed E-state index contributed by atoms with van der Waals surface area (Å²) in [4.78, 5) is 0. The number of hydrogen-bond donors (Lipinski definition) is 1. The van der Waals surface area contributed by atoms with Crippen molar-refractivity contribution in [1.82, 2.24) is 10.2 Å². The smallest absolute Gasteiger partial charge is 0.162 e. The molecule has 1 aromatic carbocycles. The Kier molecular flexibility index (Phi) is 2.73. The van der Waals surface area contributed by atoms with Crippen LogP contribution >= 0.6 is 0 Å². The molecule has 0 amide bonds. The number of aromatic nitrogens is 2. The molecule has 0 atom stereocenters. The summed E-state index contributed by atoms with van der Waals surface area (Å²) in [6.07, 6.45) is 1.98. The van der Waals surface area contributed by atoms with Gasteiger partial charge in [0.05, 0.1) is 6.20 Å². The Balaban J connectivity index is 2.36. The van der Waals surface area contributed by atoms with E-state index in [-0.39, 0.29) is 0 Å². The van der Waals surface area contributed by atoms with Gasteiger partial charge in [0.2, 0.25) is 0 Å². The lowest BCUT2D eigenvalue weighted by atomic mass is 10.0. The summed E-state index contributed by atoms with van der Waals surface area (Å²) < 4.78 is 26.9. The van der Waals surface area contributed by atoms with Gasteiger partial charge in [-0.3, -0.25) is 5.10 Å². The van der Waals surface area contributed by atoms with Crippen LogP contribution in [0.1, 0.15) is 22.4 Å². The molecule has 16 heavy (non-hydrogen) atoms. The SMILES string of the molecule is Cc1ccc(Cc2cn[nH]c2C)c(F)c1F. The van der Waals surface area contributed by atoms with Crippen LogP contribution in [0.5, 0.6) is 0 Å². The second-order valence-corrected chi connectivity index (χ2v) is 3.87. The minimum Gasteiger partial charge on any atom is -0.283 e. The summed E-state index contributed by atoms with van der Waals surface area (Å²) in [5.41, 5.74) is 2.43. The van der Waals surface area contributed by atoms with Crippen LogP contribution in [0.25, 0.3) is 0 Å². The van der Waals surface area contributed by atoms with Crippen LogP contribution in [0.15, 0.2) is 18.3 Å². The number of aromatic amines is 1. The highest BCUT2D eigenvalue weighted by Gasteiger charge is 2.12. The fraction of sp³-hybridized carbons (Fsp3) is 0.250. The van der Waals surface area contributed by atoms with Crippen molar-refractivity contribution in [3.8, 4) is 0 Å². The van der Waals surface area contributed by atoms with Crippen molar-refractivity contribution >= 4 is 0 Å². The number of hydrogen-bond acceptors (Lipinski definition) is 1. The zero-order valence-corrected chi connectivity index (χ0v) is 9.14. The average Bonchev–Trinajstić information content (AvgIpc) is 2.65. The number of nitrogens with one attached hydrogen (secondary N) is 1. The van der Waals surface area contributed by atoms with Gasteiger partial charge >= 0.3 is 0 Å². The molecule has 4 heteroatoms. The molecule has 0 aliphatic heterocycles. The molecule has 2 aromatic rings. The van der Waals surface area contributed by atoms with Crippen molar-refractivity contribution < 1.29 is 8.78 Å². The molecular weight excluding hydrogens is 210 g/mol. The van der Waals surface area contributed by atoms with Gasteiger partial charge < -0.3 is 0 Å². The van der Waals surface area contributed by atoms with Crippen molar-refractivity contribution in [2.24, 2.45) is 0 Å². The molecule has 1 aromatic heterocycles. The molecular formula is C12H12F2N2. The topological polar surface area (TPSA) is 28.7 Å². The number of benzene rings is 1. The van der Waals surface area contributed by atoms with Crippen LogP contribution in [-0.2, 0) is 6.42 Å². The molecule has 0 aliphatic rings. The molecule has 0 radical (unpaired) electrons. The van der Waals surface area contributed by atoms with Gasteiger partial charge in [0.15, 0.2) is 11.6 Å². The summed E-state index contributed by atoms with van der Waals surface area (Å²) in [7, 11) is 0. The molecule has 0 aliphatic carbocycles. The van der Waals surface area contributed by atoms with Gasteiger partial charge in [-0.25, -0.2) is 8.78 Å². The molecule has 0 spiro atoms. The standard InChI is InChI=1S/C12H12F2N2/c1-7-3-4-9(12(14)11(7)13)5-10-6-15-16-8(10)2/h3-4,6H,5H2,1-2H3,(H,15,16). The van der Waals surface area contributed by atoms with Crippen LogP contribution in [-0.4, -0.2) is 10.2 Å². The van der Waals surface area contributed by atoms with Crippen LogP contribution in [0, 0.1) is 25.5 Å². The maximum atomic E-state index is 13.6. The van der Waals surface area contributed by atoms with Gasteiger partial charge in [-0.1, -0.05) is 12.1 Å². The third-order valence-corrected chi connectivity index (χ3v) is 2.67. The first-order valence-electron chi connectivity index (χ1n) is 5.02. The van der Waals surface area contributed by atoms with E-state index in [2.05, 4.69) is 10.2 Å². The summed E-state index contributed by atoms with van der Waals surface area (Å²) in [5, 5.41) is 6.61. The summed E-state index contributed by atoms with van der Waals surface area (Å²) >= 11 is 0. The van der Waals surface area contributed by atoms with Crippen molar-refractivity contribution in [3.63, 3.8) is 0 Å². The average molecular weight is 222 g/mol. The molecule has 1 N–H and O–H groups in total. The Bertz CT molecular complexity index is 518. The van der Waals surface area contributed by atoms with Crippen LogP contribution in [0.2, 0.25) is 0 Å². The quantitative estimate of drug-likeness (QED) is 0.831. The second kappa shape index (κ2) is 4.04. The lowest BCUT2D eigenvalue weighted by Gasteiger charge is -2.05. The molecule has 0 fully saturated rings. The van der Waals surface area contributed by atoms with Crippen molar-refractivity contribution in [2.45, 2.75) is 20.3 Å². The Morgan fingerprint density at radius 3 is 2.50 bits per heavy atom. The van der Waals surface area contributed by atoms with E-state index >= 15 is 0 Å². The minimum atomic E-state index is -0.765. The first-order chi connectivity index (χ1) is 7.59. The molecule has 0 saturated carbocycles. The molecule has 0 bridgehead atoms. The first-order valence-corrected chi connectivity index (χ1v) is 5.02. The highest BCUT2D eigenvalue weighted by molar-refractivity contribution is 5.31. The molecule has 0 unspecified atom stereocenters. The van der Waals surface area contributed by atoms with Gasteiger partial charge in [-0.05, 0) is 30.5 Å². The van der Waals surface area contributed by atoms with Crippen molar-refractivity contribution in [1.29, 1.82) is 0 Å². The minimum absolute atomic E-state index is 0.324. The number of halogens is 2. The Labute approximate surface area is 92.3 Å². The number of aryl methyl sites for hydroxylation is 2. The van der Waals surface area contributed by atoms with Gasteiger partial charge in [0.25, 0.3) is 0 Å². The highest BCUT2D eigenvalue weighted by Crippen LogP contribution is 2.19. The summed E-state index contributed by atoms with van der Waals surface area (Å²) in [5.74, 6) is -1.53. The number of H-pyrrole nitrogens is 1. The fourth-order valence-corrected chi connectivity index (χ4v) is 1.58. The predicted molar refractivity (Wildman–Crippen MR) is 57.2 cm³/mol. The van der Waals surface area contributed by atoms with Crippen LogP contribution in [0.4, 0.5) is 8.78 Å². The molecule has 2 rings (SSSR count). The van der Waals surface area contributed by atoms with Gasteiger partial charge in [0.1, 0.15) is 0 Å². The van der Waals surface area contributed by atoms with Gasteiger partial charge in [0, 0.05) is 12.1 Å². The van der Waals surface area contributed by atoms with E-state index < -0.39 is 11.6 Å². The second-order valence-electron chi connectivity index (χ2n) is 3.87. The fourth-order valence-electron chi connectivity index (χ4n) is 1.58. The number of nitrogens with zero attached hydrogens (tertiary/aromatic N) is 1. The molecule has 1 heterocycles. The first kappa shape index (κ1) is 10.8. The largest absolute Gasteiger partial charge is 0.283 e.